The molecule has 5 rings (SSSR count). The van der Waals surface area contributed by atoms with Gasteiger partial charge in [0.2, 0.25) is 0 Å². The van der Waals surface area contributed by atoms with Crippen LogP contribution in [0.3, 0.4) is 0 Å². The largest absolute Gasteiger partial charge is 0.497 e. The number of fused-ring (bicyclic) bond motifs is 1. The van der Waals surface area contributed by atoms with E-state index in [4.69, 9.17) is 19.2 Å². The predicted molar refractivity (Wildman–Crippen MR) is 150 cm³/mol. The number of methoxy groups -OCH3 is 1. The van der Waals surface area contributed by atoms with Crippen molar-refractivity contribution in [2.24, 2.45) is 10.4 Å². The number of carbonyl (C=O) groups excluding carboxylic acids is 2. The fourth-order valence-corrected chi connectivity index (χ4v) is 5.21. The molecule has 0 aliphatic heterocycles. The van der Waals surface area contributed by atoms with Crippen LogP contribution < -0.4 is 4.74 Å². The molecule has 0 saturated heterocycles. The first-order chi connectivity index (χ1) is 18.9. The molecule has 0 heterocycles. The first-order valence-electron chi connectivity index (χ1n) is 13.0. The fraction of sp³-hybridized carbons (Fsp3) is 0.242. The molecule has 2 aliphatic rings. The van der Waals surface area contributed by atoms with Gasteiger partial charge in [-0.3, -0.25) is 9.59 Å². The van der Waals surface area contributed by atoms with Gasteiger partial charge in [-0.2, -0.15) is 0 Å². The third-order valence-electron chi connectivity index (χ3n) is 7.46. The first kappa shape index (κ1) is 26.2. The smallest absolute Gasteiger partial charge is 0.324 e. The molecule has 3 aromatic rings. The van der Waals surface area contributed by atoms with Crippen LogP contribution in [0.25, 0.3) is 0 Å². The second-order valence-corrected chi connectivity index (χ2v) is 9.92. The number of allylic oxidation sites excluding steroid dienone is 4. The SMILES string of the molecule is COc1ccc(N=C2C(C)=C3CC(C(=O)OCc4ccccc4)(C(=O)OCc4ccccc4)CC3=C2C)cc1. The summed E-state index contributed by atoms with van der Waals surface area (Å²) in [5, 5.41) is 0. The number of hydrogen-bond acceptors (Lipinski definition) is 6. The van der Waals surface area contributed by atoms with Crippen molar-refractivity contribution >= 4 is 23.3 Å². The van der Waals surface area contributed by atoms with E-state index in [9.17, 15) is 9.59 Å². The summed E-state index contributed by atoms with van der Waals surface area (Å²) in [5.74, 6) is -0.360. The van der Waals surface area contributed by atoms with Crippen LogP contribution in [0.5, 0.6) is 5.75 Å². The van der Waals surface area contributed by atoms with Crippen molar-refractivity contribution < 1.29 is 23.8 Å². The normalized spacial score (nSPS) is 15.7. The van der Waals surface area contributed by atoms with Crippen molar-refractivity contribution in [2.45, 2.75) is 39.9 Å². The van der Waals surface area contributed by atoms with Gasteiger partial charge in [0.15, 0.2) is 5.41 Å². The monoisotopic (exact) mass is 521 g/mol. The summed E-state index contributed by atoms with van der Waals surface area (Å²) in [7, 11) is 1.63. The van der Waals surface area contributed by atoms with E-state index < -0.39 is 17.4 Å². The number of carbonyl (C=O) groups is 2. The summed E-state index contributed by atoms with van der Waals surface area (Å²) < 4.78 is 16.7. The van der Waals surface area contributed by atoms with Crippen LogP contribution in [0, 0.1) is 5.41 Å². The predicted octanol–water partition coefficient (Wildman–Crippen LogP) is 6.68. The van der Waals surface area contributed by atoms with Crippen LogP contribution in [0.1, 0.15) is 37.8 Å². The molecule has 6 nitrogen and oxygen atoms in total. The van der Waals surface area contributed by atoms with Crippen LogP contribution in [0.4, 0.5) is 5.69 Å². The number of rotatable bonds is 8. The number of aliphatic imine (C=N–C) groups is 1. The average Bonchev–Trinajstić information content (AvgIpc) is 3.48. The van der Waals surface area contributed by atoms with E-state index in [0.29, 0.717) is 0 Å². The van der Waals surface area contributed by atoms with E-state index in [0.717, 1.165) is 50.6 Å². The fourth-order valence-electron chi connectivity index (χ4n) is 5.21. The van der Waals surface area contributed by atoms with Gasteiger partial charge in [-0.05, 0) is 71.5 Å². The lowest BCUT2D eigenvalue weighted by atomic mass is 9.84. The molecule has 0 bridgehead atoms. The van der Waals surface area contributed by atoms with Gasteiger partial charge in [-0.15, -0.1) is 0 Å². The maximum atomic E-state index is 13.7. The number of ether oxygens (including phenoxy) is 3. The minimum absolute atomic E-state index is 0.0909. The zero-order valence-electron chi connectivity index (χ0n) is 22.4. The molecule has 2 aliphatic carbocycles. The second-order valence-electron chi connectivity index (χ2n) is 9.92. The topological polar surface area (TPSA) is 74.2 Å². The molecule has 1 saturated carbocycles. The van der Waals surface area contributed by atoms with Gasteiger partial charge < -0.3 is 14.2 Å². The highest BCUT2D eigenvalue weighted by Gasteiger charge is 2.56. The molecule has 0 unspecified atom stereocenters. The van der Waals surface area contributed by atoms with Crippen LogP contribution in [-0.2, 0) is 32.3 Å². The van der Waals surface area contributed by atoms with Gasteiger partial charge in [0.05, 0.1) is 18.5 Å². The van der Waals surface area contributed by atoms with Crippen LogP contribution in [0.2, 0.25) is 0 Å². The molecule has 0 aromatic heterocycles. The summed E-state index contributed by atoms with van der Waals surface area (Å²) in [6.45, 7) is 4.17. The second kappa shape index (κ2) is 11.1. The molecule has 1 fully saturated rings. The zero-order chi connectivity index (χ0) is 27.4. The van der Waals surface area contributed by atoms with Gasteiger partial charge >= 0.3 is 11.9 Å². The zero-order valence-corrected chi connectivity index (χ0v) is 22.4. The van der Waals surface area contributed by atoms with E-state index in [1.807, 2.05) is 98.8 Å². The number of nitrogens with zero attached hydrogens (tertiary/aromatic N) is 1. The summed E-state index contributed by atoms with van der Waals surface area (Å²) in [5.41, 5.74) is 5.81. The Kier molecular flexibility index (Phi) is 7.46. The standard InChI is InChI=1S/C33H31NO5/c1-22-28-18-33(31(35)38-20-24-10-6-4-7-11-24,32(36)39-21-25-12-8-5-9-13-25)19-29(28)23(2)30(22)34-26-14-16-27(37-3)17-15-26/h4-17H,18-21H2,1-3H3. The third kappa shape index (κ3) is 5.28. The molecule has 0 radical (unpaired) electrons. The molecule has 0 amide bonds. The Balaban J connectivity index is 1.43. The number of benzene rings is 3. The Morgan fingerprint density at radius 2 is 1.18 bits per heavy atom. The first-order valence-corrected chi connectivity index (χ1v) is 13.0. The molecular weight excluding hydrogens is 490 g/mol. The number of esters is 2. The van der Waals surface area contributed by atoms with Crippen molar-refractivity contribution in [2.75, 3.05) is 7.11 Å². The Bertz CT molecular complexity index is 1380. The maximum Gasteiger partial charge on any atom is 0.324 e. The average molecular weight is 522 g/mol. The Hall–Kier alpha value is -4.45. The summed E-state index contributed by atoms with van der Waals surface area (Å²) >= 11 is 0. The Labute approximate surface area is 228 Å². The highest BCUT2D eigenvalue weighted by atomic mass is 16.6. The highest BCUT2D eigenvalue weighted by Crippen LogP contribution is 2.53. The summed E-state index contributed by atoms with van der Waals surface area (Å²) in [6.07, 6.45) is 0.433. The van der Waals surface area contributed by atoms with E-state index in [-0.39, 0.29) is 26.1 Å². The van der Waals surface area contributed by atoms with E-state index in [1.165, 1.54) is 0 Å². The highest BCUT2D eigenvalue weighted by molar-refractivity contribution is 6.18. The molecule has 3 aromatic carbocycles. The maximum absolute atomic E-state index is 13.7. The molecule has 0 spiro atoms. The molecular formula is C33H31NO5. The number of hydrogen-bond donors (Lipinski definition) is 0. The van der Waals surface area contributed by atoms with Crippen molar-refractivity contribution in [3.63, 3.8) is 0 Å². The van der Waals surface area contributed by atoms with Crippen molar-refractivity contribution in [1.82, 2.24) is 0 Å². The Morgan fingerprint density at radius 1 is 0.718 bits per heavy atom. The van der Waals surface area contributed by atoms with Gasteiger partial charge in [0.1, 0.15) is 19.0 Å². The minimum Gasteiger partial charge on any atom is -0.497 e. The van der Waals surface area contributed by atoms with E-state index >= 15 is 0 Å². The molecule has 0 N–H and O–H groups in total. The van der Waals surface area contributed by atoms with E-state index in [2.05, 4.69) is 0 Å². The van der Waals surface area contributed by atoms with E-state index in [1.54, 1.807) is 7.11 Å². The van der Waals surface area contributed by atoms with Gasteiger partial charge in [-0.25, -0.2) is 4.99 Å². The lowest BCUT2D eigenvalue weighted by Gasteiger charge is -2.25. The van der Waals surface area contributed by atoms with Crippen LogP contribution >= 0.6 is 0 Å². The van der Waals surface area contributed by atoms with Crippen molar-refractivity contribution in [3.05, 3.63) is 118 Å². The van der Waals surface area contributed by atoms with Gasteiger partial charge in [-0.1, -0.05) is 60.7 Å². The summed E-state index contributed by atoms with van der Waals surface area (Å²) in [6, 6.07) is 26.5. The Morgan fingerprint density at radius 3 is 1.62 bits per heavy atom. The van der Waals surface area contributed by atoms with Gasteiger partial charge in [0.25, 0.3) is 0 Å². The van der Waals surface area contributed by atoms with Crippen LogP contribution in [-0.4, -0.2) is 24.8 Å². The minimum atomic E-state index is -1.44. The molecule has 0 atom stereocenters. The third-order valence-corrected chi connectivity index (χ3v) is 7.46. The van der Waals surface area contributed by atoms with Gasteiger partial charge in [0, 0.05) is 12.8 Å². The quantitative estimate of drug-likeness (QED) is 0.244. The molecule has 198 valence electrons. The van der Waals surface area contributed by atoms with Crippen molar-refractivity contribution in [3.8, 4) is 5.75 Å². The lowest BCUT2D eigenvalue weighted by Crippen LogP contribution is -2.40. The molecule has 6 heteroatoms. The lowest BCUT2D eigenvalue weighted by molar-refractivity contribution is -0.173. The molecule has 39 heavy (non-hydrogen) atoms. The van der Waals surface area contributed by atoms with Crippen molar-refractivity contribution in [1.29, 1.82) is 0 Å². The van der Waals surface area contributed by atoms with Crippen LogP contribution in [0.15, 0.2) is 112 Å². The summed E-state index contributed by atoms with van der Waals surface area (Å²) in [4.78, 5) is 32.2.